The fourth-order valence-corrected chi connectivity index (χ4v) is 2.94. The lowest BCUT2D eigenvalue weighted by atomic mass is 9.98. The molecule has 0 aliphatic carbocycles. The van der Waals surface area contributed by atoms with Gasteiger partial charge in [0.05, 0.1) is 11.3 Å². The van der Waals surface area contributed by atoms with Crippen molar-refractivity contribution in [1.29, 1.82) is 0 Å². The van der Waals surface area contributed by atoms with E-state index in [0.29, 0.717) is 11.3 Å². The molecule has 23 heavy (non-hydrogen) atoms. The van der Waals surface area contributed by atoms with E-state index in [0.717, 1.165) is 20.5 Å². The fourth-order valence-electron chi connectivity index (χ4n) is 2.68. The van der Waals surface area contributed by atoms with Crippen molar-refractivity contribution in [2.24, 2.45) is 0 Å². The molecule has 4 nitrogen and oxygen atoms in total. The summed E-state index contributed by atoms with van der Waals surface area (Å²) in [7, 11) is 0. The van der Waals surface area contributed by atoms with Crippen LogP contribution in [0.5, 0.6) is 0 Å². The topological polar surface area (TPSA) is 57.6 Å². The number of aliphatic hydroxyl groups is 1. The van der Waals surface area contributed by atoms with Gasteiger partial charge in [-0.3, -0.25) is 9.59 Å². The average Bonchev–Trinajstić information content (AvgIpc) is 2.72. The number of benzene rings is 2. The Balaban J connectivity index is 2.08. The van der Waals surface area contributed by atoms with Gasteiger partial charge in [-0.1, -0.05) is 39.7 Å². The van der Waals surface area contributed by atoms with Crippen LogP contribution >= 0.6 is 15.9 Å². The largest absolute Gasteiger partial charge is 0.502 e. The molecule has 3 rings (SSSR count). The van der Waals surface area contributed by atoms with Gasteiger partial charge in [-0.2, -0.15) is 0 Å². The summed E-state index contributed by atoms with van der Waals surface area (Å²) in [4.78, 5) is 26.1. The second kappa shape index (κ2) is 5.66. The van der Waals surface area contributed by atoms with Gasteiger partial charge < -0.3 is 5.11 Å². The van der Waals surface area contributed by atoms with Crippen LogP contribution in [0.3, 0.4) is 0 Å². The first-order valence-electron chi connectivity index (χ1n) is 7.05. The van der Waals surface area contributed by atoms with E-state index in [1.165, 1.54) is 0 Å². The molecule has 0 aromatic heterocycles. The molecular formula is C18H14BrNO3. The summed E-state index contributed by atoms with van der Waals surface area (Å²) >= 11 is 3.31. The normalized spacial score (nSPS) is 14.8. The molecule has 1 N–H and O–H groups in total. The maximum absolute atomic E-state index is 12.7. The molecule has 0 radical (unpaired) electrons. The summed E-state index contributed by atoms with van der Waals surface area (Å²) in [5.41, 5.74) is 2.94. The number of halogens is 1. The van der Waals surface area contributed by atoms with E-state index < -0.39 is 17.6 Å². The van der Waals surface area contributed by atoms with Gasteiger partial charge in [-0.05, 0) is 49.2 Å². The maximum atomic E-state index is 12.7. The minimum Gasteiger partial charge on any atom is -0.502 e. The lowest BCUT2D eigenvalue weighted by molar-refractivity contribution is -0.121. The molecule has 2 aromatic carbocycles. The number of nitrogens with zero attached hydrogens (tertiary/aromatic N) is 1. The lowest BCUT2D eigenvalue weighted by Gasteiger charge is -2.15. The summed E-state index contributed by atoms with van der Waals surface area (Å²) in [6.07, 6.45) is 0. The third kappa shape index (κ3) is 2.57. The Morgan fingerprint density at radius 2 is 1.61 bits per heavy atom. The molecule has 116 valence electrons. The van der Waals surface area contributed by atoms with E-state index >= 15 is 0 Å². The Morgan fingerprint density at radius 1 is 0.957 bits per heavy atom. The molecule has 0 fully saturated rings. The Bertz CT molecular complexity index is 853. The van der Waals surface area contributed by atoms with Crippen LogP contribution in [0.4, 0.5) is 5.69 Å². The van der Waals surface area contributed by atoms with Gasteiger partial charge in [0.25, 0.3) is 5.91 Å². The molecule has 0 saturated carbocycles. The van der Waals surface area contributed by atoms with Crippen molar-refractivity contribution >= 4 is 39.0 Å². The molecular weight excluding hydrogens is 358 g/mol. The molecule has 2 aromatic rings. The molecule has 0 atom stereocenters. The van der Waals surface area contributed by atoms with Crippen molar-refractivity contribution < 1.29 is 14.7 Å². The second-order valence-electron chi connectivity index (χ2n) is 5.46. The Labute approximate surface area is 142 Å². The maximum Gasteiger partial charge on any atom is 0.301 e. The van der Waals surface area contributed by atoms with E-state index in [9.17, 15) is 14.7 Å². The zero-order valence-electron chi connectivity index (χ0n) is 12.6. The van der Waals surface area contributed by atoms with E-state index in [2.05, 4.69) is 15.9 Å². The van der Waals surface area contributed by atoms with E-state index in [-0.39, 0.29) is 5.57 Å². The standard InChI is InChI=1S/C18H14BrNO3/c1-10-3-8-14(11(2)9-10)15-16(21)18(23)20(17(15)22)13-6-4-12(19)5-7-13/h3-9,21H,1-2H3. The van der Waals surface area contributed by atoms with Gasteiger partial charge in [-0.25, -0.2) is 4.90 Å². The minimum atomic E-state index is -0.702. The Morgan fingerprint density at radius 3 is 2.22 bits per heavy atom. The van der Waals surface area contributed by atoms with Crippen LogP contribution in [0.1, 0.15) is 16.7 Å². The summed E-state index contributed by atoms with van der Waals surface area (Å²) in [5.74, 6) is -1.72. The third-order valence-corrected chi connectivity index (χ3v) is 4.32. The van der Waals surface area contributed by atoms with Crippen LogP contribution in [0.25, 0.3) is 5.57 Å². The van der Waals surface area contributed by atoms with Crippen molar-refractivity contribution in [3.8, 4) is 0 Å². The number of aliphatic hydroxyl groups excluding tert-OH is 1. The van der Waals surface area contributed by atoms with Crippen molar-refractivity contribution in [3.63, 3.8) is 0 Å². The SMILES string of the molecule is Cc1ccc(C2=C(O)C(=O)N(c3ccc(Br)cc3)C2=O)c(C)c1. The number of imide groups is 1. The first-order valence-corrected chi connectivity index (χ1v) is 7.84. The molecule has 1 heterocycles. The van der Waals surface area contributed by atoms with Crippen LogP contribution < -0.4 is 4.90 Å². The van der Waals surface area contributed by atoms with Crippen LogP contribution in [0.15, 0.2) is 52.7 Å². The summed E-state index contributed by atoms with van der Waals surface area (Å²) in [5, 5.41) is 10.2. The number of rotatable bonds is 2. The molecule has 2 amide bonds. The number of carbonyl (C=O) groups excluding carboxylic acids is 2. The highest BCUT2D eigenvalue weighted by Gasteiger charge is 2.40. The summed E-state index contributed by atoms with van der Waals surface area (Å²) in [6.45, 7) is 3.80. The highest BCUT2D eigenvalue weighted by molar-refractivity contribution is 9.10. The second-order valence-corrected chi connectivity index (χ2v) is 6.38. The van der Waals surface area contributed by atoms with Crippen LogP contribution in [0, 0.1) is 13.8 Å². The molecule has 1 aliphatic heterocycles. The van der Waals surface area contributed by atoms with Crippen molar-refractivity contribution in [1.82, 2.24) is 0 Å². The number of aryl methyl sites for hydroxylation is 2. The van der Waals surface area contributed by atoms with Crippen LogP contribution in [0.2, 0.25) is 0 Å². The van der Waals surface area contributed by atoms with Gasteiger partial charge in [0.2, 0.25) is 0 Å². The number of hydrogen-bond donors (Lipinski definition) is 1. The number of anilines is 1. The number of hydrogen-bond acceptors (Lipinski definition) is 3. The highest BCUT2D eigenvalue weighted by Crippen LogP contribution is 2.33. The zero-order chi connectivity index (χ0) is 16.7. The molecule has 0 bridgehead atoms. The van der Waals surface area contributed by atoms with Gasteiger partial charge in [0.1, 0.15) is 0 Å². The highest BCUT2D eigenvalue weighted by atomic mass is 79.9. The van der Waals surface area contributed by atoms with Crippen molar-refractivity contribution in [3.05, 3.63) is 69.4 Å². The molecule has 1 aliphatic rings. The average molecular weight is 372 g/mol. The number of amides is 2. The lowest BCUT2D eigenvalue weighted by Crippen LogP contribution is -2.31. The van der Waals surface area contributed by atoms with Crippen LogP contribution in [-0.2, 0) is 9.59 Å². The first-order chi connectivity index (χ1) is 10.9. The number of carbonyl (C=O) groups is 2. The molecule has 5 heteroatoms. The predicted octanol–water partition coefficient (Wildman–Crippen LogP) is 3.91. The Kier molecular flexibility index (Phi) is 3.82. The molecule has 0 unspecified atom stereocenters. The van der Waals surface area contributed by atoms with E-state index in [1.807, 2.05) is 26.0 Å². The van der Waals surface area contributed by atoms with E-state index in [4.69, 9.17) is 0 Å². The third-order valence-electron chi connectivity index (χ3n) is 3.80. The van der Waals surface area contributed by atoms with Gasteiger partial charge >= 0.3 is 5.91 Å². The fraction of sp³-hybridized carbons (Fsp3) is 0.111. The predicted molar refractivity (Wildman–Crippen MR) is 92.1 cm³/mol. The van der Waals surface area contributed by atoms with Crippen molar-refractivity contribution in [2.75, 3.05) is 4.90 Å². The zero-order valence-corrected chi connectivity index (χ0v) is 14.2. The van der Waals surface area contributed by atoms with Crippen LogP contribution in [-0.4, -0.2) is 16.9 Å². The summed E-state index contributed by atoms with van der Waals surface area (Å²) in [6, 6.07) is 12.3. The quantitative estimate of drug-likeness (QED) is 0.814. The van der Waals surface area contributed by atoms with Gasteiger partial charge in [-0.15, -0.1) is 0 Å². The van der Waals surface area contributed by atoms with Gasteiger partial charge in [0, 0.05) is 4.47 Å². The summed E-state index contributed by atoms with van der Waals surface area (Å²) < 4.78 is 0.840. The van der Waals surface area contributed by atoms with Crippen molar-refractivity contribution in [2.45, 2.75) is 13.8 Å². The Hall–Kier alpha value is -2.40. The monoisotopic (exact) mass is 371 g/mol. The minimum absolute atomic E-state index is 0.0513. The van der Waals surface area contributed by atoms with Gasteiger partial charge in [0.15, 0.2) is 5.76 Å². The van der Waals surface area contributed by atoms with E-state index in [1.54, 1.807) is 30.3 Å². The first kappa shape index (κ1) is 15.5. The molecule has 0 saturated heterocycles. The smallest absolute Gasteiger partial charge is 0.301 e. The molecule has 0 spiro atoms.